The molecule has 0 aliphatic rings. The van der Waals surface area contributed by atoms with Crippen LogP contribution in [0.15, 0.2) is 51.7 Å². The van der Waals surface area contributed by atoms with E-state index in [1.54, 1.807) is 37.2 Å². The van der Waals surface area contributed by atoms with Gasteiger partial charge in [-0.2, -0.15) is 5.26 Å². The van der Waals surface area contributed by atoms with Crippen molar-refractivity contribution in [1.82, 2.24) is 9.97 Å². The van der Waals surface area contributed by atoms with Gasteiger partial charge >= 0.3 is 0 Å². The first-order chi connectivity index (χ1) is 15.4. The van der Waals surface area contributed by atoms with Gasteiger partial charge in [-0.25, -0.2) is 4.98 Å². The average Bonchev–Trinajstić information content (AvgIpc) is 3.17. The number of nitriles is 1. The van der Waals surface area contributed by atoms with Crippen molar-refractivity contribution in [2.45, 2.75) is 19.8 Å². The van der Waals surface area contributed by atoms with E-state index in [9.17, 15) is 10.1 Å². The molecule has 4 aromatic rings. The standard InChI is InChI=1S/C24H21ClN4O3/c1-14-18(8-9-21-27-19-6-4-5-7-20(19)32-21)28-24(30)22(29(2)3)23(14)31-17-11-15(13-26)10-16(25)12-17/h4-7,10-12H,8-9H2,1-3H3,(H,28,30). The fourth-order valence-electron chi connectivity index (χ4n) is 3.55. The van der Waals surface area contributed by atoms with Crippen molar-refractivity contribution in [2.24, 2.45) is 0 Å². The van der Waals surface area contributed by atoms with E-state index in [0.717, 1.165) is 22.4 Å². The van der Waals surface area contributed by atoms with Crippen LogP contribution in [0.1, 0.15) is 22.7 Å². The number of oxazole rings is 1. The first kappa shape index (κ1) is 21.5. The van der Waals surface area contributed by atoms with Crippen molar-refractivity contribution in [1.29, 1.82) is 5.26 Å². The van der Waals surface area contributed by atoms with E-state index in [1.807, 2.05) is 31.2 Å². The molecule has 2 aromatic heterocycles. The van der Waals surface area contributed by atoms with Crippen LogP contribution in [0.25, 0.3) is 11.1 Å². The topological polar surface area (TPSA) is 95.2 Å². The number of para-hydroxylation sites is 2. The SMILES string of the molecule is Cc1c(CCc2nc3ccccc3o2)[nH]c(=O)c(N(C)C)c1Oc1cc(Cl)cc(C#N)c1. The fourth-order valence-corrected chi connectivity index (χ4v) is 3.78. The molecule has 0 aliphatic carbocycles. The van der Waals surface area contributed by atoms with Crippen molar-refractivity contribution in [2.75, 3.05) is 19.0 Å². The third kappa shape index (κ3) is 4.32. The zero-order valence-electron chi connectivity index (χ0n) is 17.9. The van der Waals surface area contributed by atoms with Gasteiger partial charge in [0.05, 0.1) is 11.6 Å². The summed E-state index contributed by atoms with van der Waals surface area (Å²) < 4.78 is 11.9. The molecule has 162 valence electrons. The molecule has 7 nitrogen and oxygen atoms in total. The van der Waals surface area contributed by atoms with Gasteiger partial charge in [0.1, 0.15) is 17.0 Å². The lowest BCUT2D eigenvalue weighted by Crippen LogP contribution is -2.24. The summed E-state index contributed by atoms with van der Waals surface area (Å²) in [5.41, 5.74) is 3.51. The molecule has 0 spiro atoms. The van der Waals surface area contributed by atoms with Gasteiger partial charge in [0.2, 0.25) is 0 Å². The van der Waals surface area contributed by atoms with Gasteiger partial charge in [-0.3, -0.25) is 4.79 Å². The monoisotopic (exact) mass is 448 g/mol. The lowest BCUT2D eigenvalue weighted by molar-refractivity contribution is 0.475. The van der Waals surface area contributed by atoms with Crippen molar-refractivity contribution < 1.29 is 9.15 Å². The van der Waals surface area contributed by atoms with Gasteiger partial charge in [0.25, 0.3) is 5.56 Å². The van der Waals surface area contributed by atoms with E-state index < -0.39 is 0 Å². The predicted octanol–water partition coefficient (Wildman–Crippen LogP) is 4.99. The molecule has 0 atom stereocenters. The number of aromatic amines is 1. The van der Waals surface area contributed by atoms with Crippen LogP contribution in [-0.4, -0.2) is 24.1 Å². The summed E-state index contributed by atoms with van der Waals surface area (Å²) in [5.74, 6) is 1.40. The minimum atomic E-state index is -0.273. The number of halogens is 1. The summed E-state index contributed by atoms with van der Waals surface area (Å²) in [6.07, 6.45) is 1.03. The number of hydrogen-bond donors (Lipinski definition) is 1. The van der Waals surface area contributed by atoms with Crippen LogP contribution in [0.4, 0.5) is 5.69 Å². The Morgan fingerprint density at radius 3 is 2.72 bits per heavy atom. The van der Waals surface area contributed by atoms with E-state index >= 15 is 0 Å². The minimum Gasteiger partial charge on any atom is -0.455 e. The number of fused-ring (bicyclic) bond motifs is 1. The van der Waals surface area contributed by atoms with Crippen molar-refractivity contribution in [3.05, 3.63) is 80.6 Å². The summed E-state index contributed by atoms with van der Waals surface area (Å²) in [5, 5.41) is 9.61. The number of hydrogen-bond acceptors (Lipinski definition) is 6. The van der Waals surface area contributed by atoms with Gasteiger partial charge in [0, 0.05) is 36.8 Å². The fraction of sp³-hybridized carbons (Fsp3) is 0.208. The third-order valence-corrected chi connectivity index (χ3v) is 5.30. The number of benzene rings is 2. The van der Waals surface area contributed by atoms with Gasteiger partial charge in [0.15, 0.2) is 17.2 Å². The molecule has 2 heterocycles. The molecular weight excluding hydrogens is 428 g/mol. The van der Waals surface area contributed by atoms with Crippen molar-refractivity contribution in [3.8, 4) is 17.6 Å². The molecule has 1 N–H and O–H groups in total. The maximum absolute atomic E-state index is 12.9. The Morgan fingerprint density at radius 2 is 2.00 bits per heavy atom. The maximum atomic E-state index is 12.9. The normalized spacial score (nSPS) is 10.8. The van der Waals surface area contributed by atoms with Gasteiger partial charge in [-0.1, -0.05) is 23.7 Å². The second-order valence-corrected chi connectivity index (χ2v) is 8.03. The van der Waals surface area contributed by atoms with Crippen molar-refractivity contribution in [3.63, 3.8) is 0 Å². The molecular formula is C24H21ClN4O3. The second kappa shape index (κ2) is 8.77. The van der Waals surface area contributed by atoms with Gasteiger partial charge in [-0.15, -0.1) is 0 Å². The van der Waals surface area contributed by atoms with Gasteiger partial charge in [-0.05, 0) is 43.7 Å². The molecule has 32 heavy (non-hydrogen) atoms. The molecule has 8 heteroatoms. The predicted molar refractivity (Wildman–Crippen MR) is 124 cm³/mol. The van der Waals surface area contributed by atoms with E-state index in [4.69, 9.17) is 20.8 Å². The largest absolute Gasteiger partial charge is 0.455 e. The van der Waals surface area contributed by atoms with Crippen LogP contribution in [0.5, 0.6) is 11.5 Å². The number of rotatable bonds is 6. The summed E-state index contributed by atoms with van der Waals surface area (Å²) in [6, 6.07) is 14.4. The number of ether oxygens (including phenoxy) is 1. The molecule has 0 saturated carbocycles. The highest BCUT2D eigenvalue weighted by Crippen LogP contribution is 2.35. The van der Waals surface area contributed by atoms with Crippen LogP contribution in [0.3, 0.4) is 0 Å². The first-order valence-corrected chi connectivity index (χ1v) is 10.4. The van der Waals surface area contributed by atoms with E-state index in [2.05, 4.69) is 16.0 Å². The summed E-state index contributed by atoms with van der Waals surface area (Å²) in [6.45, 7) is 1.88. The highest BCUT2D eigenvalue weighted by Gasteiger charge is 2.20. The van der Waals surface area contributed by atoms with Crippen LogP contribution >= 0.6 is 11.6 Å². The highest BCUT2D eigenvalue weighted by atomic mass is 35.5. The third-order valence-electron chi connectivity index (χ3n) is 5.08. The Bertz CT molecular complexity index is 1370. The van der Waals surface area contributed by atoms with E-state index in [-0.39, 0.29) is 5.56 Å². The quantitative estimate of drug-likeness (QED) is 0.446. The molecule has 4 rings (SSSR count). The molecule has 0 aliphatic heterocycles. The summed E-state index contributed by atoms with van der Waals surface area (Å²) in [7, 11) is 3.54. The maximum Gasteiger partial charge on any atom is 0.275 e. The number of pyridine rings is 1. The number of H-pyrrole nitrogens is 1. The number of nitrogens with zero attached hydrogens (tertiary/aromatic N) is 3. The average molecular weight is 449 g/mol. The molecule has 0 radical (unpaired) electrons. The molecule has 0 bridgehead atoms. The second-order valence-electron chi connectivity index (χ2n) is 7.59. The Kier molecular flexibility index (Phi) is 5.89. The summed E-state index contributed by atoms with van der Waals surface area (Å²) >= 11 is 6.12. The van der Waals surface area contributed by atoms with Crippen LogP contribution < -0.4 is 15.2 Å². The first-order valence-electron chi connectivity index (χ1n) is 10.0. The lowest BCUT2D eigenvalue weighted by atomic mass is 10.1. The Labute approximate surface area is 189 Å². The number of anilines is 1. The summed E-state index contributed by atoms with van der Waals surface area (Å²) in [4.78, 5) is 22.1. The molecule has 0 amide bonds. The van der Waals surface area contributed by atoms with Crippen LogP contribution in [0, 0.1) is 18.3 Å². The number of nitrogens with one attached hydrogen (secondary N) is 1. The Hall–Kier alpha value is -3.76. The molecule has 0 saturated heterocycles. The Morgan fingerprint density at radius 1 is 1.22 bits per heavy atom. The van der Waals surface area contributed by atoms with E-state index in [1.165, 1.54) is 0 Å². The van der Waals surface area contributed by atoms with Gasteiger partial charge < -0.3 is 19.0 Å². The highest BCUT2D eigenvalue weighted by molar-refractivity contribution is 6.30. The molecule has 2 aromatic carbocycles. The van der Waals surface area contributed by atoms with Crippen molar-refractivity contribution >= 4 is 28.4 Å². The molecule has 0 fully saturated rings. The number of aryl methyl sites for hydroxylation is 2. The Balaban J connectivity index is 1.70. The number of aromatic nitrogens is 2. The lowest BCUT2D eigenvalue weighted by Gasteiger charge is -2.20. The zero-order valence-corrected chi connectivity index (χ0v) is 18.7. The minimum absolute atomic E-state index is 0.273. The van der Waals surface area contributed by atoms with Crippen LogP contribution in [0.2, 0.25) is 5.02 Å². The zero-order chi connectivity index (χ0) is 22.8. The van der Waals surface area contributed by atoms with E-state index in [0.29, 0.717) is 46.5 Å². The van der Waals surface area contributed by atoms with Crippen LogP contribution in [-0.2, 0) is 12.8 Å². The smallest absolute Gasteiger partial charge is 0.275 e. The molecule has 0 unspecified atom stereocenters.